The number of aliphatic hydroxyl groups is 1. The fourth-order valence-electron chi connectivity index (χ4n) is 5.47. The molecule has 2 atom stereocenters. The number of phenols is 1. The number of carbonyl (C=O) groups is 4. The smallest absolute Gasteiger partial charge is 0.325 e. The first-order valence-electron chi connectivity index (χ1n) is 16.9. The topological polar surface area (TPSA) is 175 Å². The summed E-state index contributed by atoms with van der Waals surface area (Å²) in [5, 5.41) is 31.9. The Balaban J connectivity index is 1.13. The van der Waals surface area contributed by atoms with E-state index >= 15 is 0 Å². The van der Waals surface area contributed by atoms with Gasteiger partial charge in [0.15, 0.2) is 0 Å². The molecule has 12 nitrogen and oxygen atoms in total. The van der Waals surface area contributed by atoms with E-state index in [2.05, 4.69) is 21.3 Å². The number of rotatable bonds is 21. The molecule has 4 aromatic carbocycles. The Kier molecular flexibility index (Phi) is 15.4. The van der Waals surface area contributed by atoms with E-state index in [4.69, 9.17) is 9.47 Å². The standard InChI is InChI=1S/C40H44N4O8/c1-2-9-34-33(18-19-35(47)39(34)44-27-46)36(48)23-41-20-6-7-21-51-37(49)24-42-40(50)30-16-14-28(15-17-30)25-52-32-13-8-12-31(22-32)38(43-26-45)29-10-4-3-5-11-29/h2-5,8-19,22,26-27,36,38,41,47-48H,6-7,20-21,23-25H2,1H3,(H,42,50)(H,43,45)(H,44,46)/b9-2-. The summed E-state index contributed by atoms with van der Waals surface area (Å²) in [6.07, 6.45) is 4.96. The largest absolute Gasteiger partial charge is 0.506 e. The fraction of sp³-hybridized carbons (Fsp3) is 0.250. The second-order valence-corrected chi connectivity index (χ2v) is 11.7. The molecule has 272 valence electrons. The van der Waals surface area contributed by atoms with Crippen LogP contribution in [0.4, 0.5) is 5.69 Å². The Morgan fingerprint density at radius 3 is 2.38 bits per heavy atom. The molecule has 4 rings (SSSR count). The van der Waals surface area contributed by atoms with Crippen LogP contribution in [0.3, 0.4) is 0 Å². The summed E-state index contributed by atoms with van der Waals surface area (Å²) in [6, 6.07) is 26.7. The minimum atomic E-state index is -0.889. The van der Waals surface area contributed by atoms with Gasteiger partial charge in [0.1, 0.15) is 24.7 Å². The quantitative estimate of drug-likeness (QED) is 0.0308. The summed E-state index contributed by atoms with van der Waals surface area (Å²) in [5.74, 6) is -0.423. The van der Waals surface area contributed by atoms with Crippen molar-refractivity contribution in [2.45, 2.75) is 38.5 Å². The normalized spacial score (nSPS) is 12.0. The van der Waals surface area contributed by atoms with Gasteiger partial charge in [0.25, 0.3) is 5.91 Å². The molecule has 0 radical (unpaired) electrons. The third-order valence-corrected chi connectivity index (χ3v) is 8.08. The highest BCUT2D eigenvalue weighted by atomic mass is 16.5. The van der Waals surface area contributed by atoms with Gasteiger partial charge < -0.3 is 41.0 Å². The maximum Gasteiger partial charge on any atom is 0.325 e. The van der Waals surface area contributed by atoms with Crippen LogP contribution in [0.15, 0.2) is 97.1 Å². The van der Waals surface area contributed by atoms with Crippen molar-refractivity contribution in [2.75, 3.05) is 31.6 Å². The average molecular weight is 709 g/mol. The number of phenolic OH excluding ortho intramolecular Hbond substituents is 1. The molecule has 0 spiro atoms. The zero-order valence-corrected chi connectivity index (χ0v) is 28.9. The number of benzene rings is 4. The van der Waals surface area contributed by atoms with Crippen molar-refractivity contribution < 1.29 is 38.9 Å². The molecule has 6 N–H and O–H groups in total. The van der Waals surface area contributed by atoms with Crippen LogP contribution in [0.25, 0.3) is 6.08 Å². The first-order valence-corrected chi connectivity index (χ1v) is 16.9. The van der Waals surface area contributed by atoms with Gasteiger partial charge in [0, 0.05) is 17.7 Å². The van der Waals surface area contributed by atoms with Gasteiger partial charge in [-0.1, -0.05) is 72.8 Å². The van der Waals surface area contributed by atoms with Crippen LogP contribution in [0.5, 0.6) is 11.5 Å². The highest BCUT2D eigenvalue weighted by molar-refractivity contribution is 5.95. The highest BCUT2D eigenvalue weighted by Crippen LogP contribution is 2.34. The van der Waals surface area contributed by atoms with E-state index < -0.39 is 18.0 Å². The predicted molar refractivity (Wildman–Crippen MR) is 198 cm³/mol. The number of amides is 3. The van der Waals surface area contributed by atoms with Crippen LogP contribution in [0, 0.1) is 0 Å². The van der Waals surface area contributed by atoms with Gasteiger partial charge in [0.2, 0.25) is 12.8 Å². The van der Waals surface area contributed by atoms with E-state index in [9.17, 15) is 29.4 Å². The van der Waals surface area contributed by atoms with Gasteiger partial charge in [-0.25, -0.2) is 0 Å². The molecule has 0 aromatic heterocycles. The first-order chi connectivity index (χ1) is 25.3. The highest BCUT2D eigenvalue weighted by Gasteiger charge is 2.17. The minimum Gasteiger partial charge on any atom is -0.506 e. The lowest BCUT2D eigenvalue weighted by Gasteiger charge is -2.18. The number of hydrogen-bond donors (Lipinski definition) is 6. The van der Waals surface area contributed by atoms with E-state index in [1.54, 1.807) is 49.4 Å². The second kappa shape index (κ2) is 20.6. The molecule has 0 heterocycles. The van der Waals surface area contributed by atoms with Gasteiger partial charge in [-0.15, -0.1) is 0 Å². The van der Waals surface area contributed by atoms with Crippen LogP contribution in [-0.2, 0) is 25.7 Å². The summed E-state index contributed by atoms with van der Waals surface area (Å²) in [6.45, 7) is 2.77. The van der Waals surface area contributed by atoms with Crippen molar-refractivity contribution in [3.63, 3.8) is 0 Å². The number of anilines is 1. The van der Waals surface area contributed by atoms with Crippen LogP contribution in [0.2, 0.25) is 0 Å². The van der Waals surface area contributed by atoms with Gasteiger partial charge in [-0.05, 0) is 78.9 Å². The van der Waals surface area contributed by atoms with Crippen molar-refractivity contribution in [3.05, 3.63) is 130 Å². The van der Waals surface area contributed by atoms with Gasteiger partial charge in [-0.3, -0.25) is 19.2 Å². The number of unbranched alkanes of at least 4 members (excludes halogenated alkanes) is 1. The molecule has 0 saturated heterocycles. The maximum atomic E-state index is 12.6. The third-order valence-electron chi connectivity index (χ3n) is 8.08. The molecule has 52 heavy (non-hydrogen) atoms. The van der Waals surface area contributed by atoms with Crippen molar-refractivity contribution >= 4 is 36.5 Å². The summed E-state index contributed by atoms with van der Waals surface area (Å²) in [5.41, 5.74) is 4.36. The molecule has 0 fully saturated rings. The molecule has 0 aliphatic heterocycles. The number of carbonyl (C=O) groups excluding carboxylic acids is 4. The van der Waals surface area contributed by atoms with Crippen molar-refractivity contribution in [1.82, 2.24) is 16.0 Å². The molecule has 4 aromatic rings. The lowest BCUT2D eigenvalue weighted by molar-refractivity contribution is -0.142. The molecular weight excluding hydrogens is 664 g/mol. The van der Waals surface area contributed by atoms with Crippen LogP contribution in [0.1, 0.15) is 70.1 Å². The zero-order chi connectivity index (χ0) is 37.1. The Bertz CT molecular complexity index is 1800. The Labute approximate surface area is 302 Å². The zero-order valence-electron chi connectivity index (χ0n) is 28.9. The molecule has 2 unspecified atom stereocenters. The molecule has 12 heteroatoms. The lowest BCUT2D eigenvalue weighted by atomic mass is 9.99. The monoisotopic (exact) mass is 708 g/mol. The van der Waals surface area contributed by atoms with Gasteiger partial charge in [0.05, 0.1) is 24.4 Å². The van der Waals surface area contributed by atoms with Crippen LogP contribution >= 0.6 is 0 Å². The number of aromatic hydroxyl groups is 1. The summed E-state index contributed by atoms with van der Waals surface area (Å²) in [4.78, 5) is 47.0. The lowest BCUT2D eigenvalue weighted by Crippen LogP contribution is -2.30. The Morgan fingerprint density at radius 2 is 1.65 bits per heavy atom. The summed E-state index contributed by atoms with van der Waals surface area (Å²) < 4.78 is 11.2. The number of nitrogens with one attached hydrogen (secondary N) is 4. The fourth-order valence-corrected chi connectivity index (χ4v) is 5.47. The molecule has 0 bridgehead atoms. The van der Waals surface area contributed by atoms with E-state index in [1.165, 1.54) is 6.07 Å². The van der Waals surface area contributed by atoms with Crippen molar-refractivity contribution in [1.29, 1.82) is 0 Å². The molecule has 3 amide bonds. The molecular formula is C40H44N4O8. The van der Waals surface area contributed by atoms with E-state index in [0.717, 1.165) is 16.7 Å². The molecule has 0 saturated carbocycles. The van der Waals surface area contributed by atoms with Gasteiger partial charge >= 0.3 is 5.97 Å². The van der Waals surface area contributed by atoms with Crippen LogP contribution < -0.4 is 26.0 Å². The second-order valence-electron chi connectivity index (χ2n) is 11.7. The maximum absolute atomic E-state index is 12.6. The Morgan fingerprint density at radius 1 is 0.885 bits per heavy atom. The molecule has 0 aliphatic carbocycles. The van der Waals surface area contributed by atoms with Crippen LogP contribution in [-0.4, -0.2) is 61.2 Å². The average Bonchev–Trinajstić information content (AvgIpc) is 3.17. The van der Waals surface area contributed by atoms with Crippen molar-refractivity contribution in [2.24, 2.45) is 0 Å². The summed E-state index contributed by atoms with van der Waals surface area (Å²) >= 11 is 0. The number of ether oxygens (including phenoxy) is 2. The minimum absolute atomic E-state index is 0.0991. The van der Waals surface area contributed by atoms with Crippen molar-refractivity contribution in [3.8, 4) is 11.5 Å². The van der Waals surface area contributed by atoms with Gasteiger partial charge in [-0.2, -0.15) is 0 Å². The van der Waals surface area contributed by atoms with E-state index in [-0.39, 0.29) is 43.8 Å². The Hall–Kier alpha value is -5.98. The molecule has 0 aliphatic rings. The first kappa shape index (κ1) is 38.8. The summed E-state index contributed by atoms with van der Waals surface area (Å²) in [7, 11) is 0. The third kappa shape index (κ3) is 11.5. The number of aliphatic hydroxyl groups excluding tert-OH is 1. The predicted octanol–water partition coefficient (Wildman–Crippen LogP) is 4.78. The number of allylic oxidation sites excluding steroid dienone is 1. The van der Waals surface area contributed by atoms with E-state index in [1.807, 2.05) is 54.6 Å². The van der Waals surface area contributed by atoms with E-state index in [0.29, 0.717) is 54.6 Å². The number of esters is 1. The SMILES string of the molecule is C/C=C\c1c(C(O)CNCCCCOC(=O)CNC(=O)c2ccc(COc3cccc(C(NC=O)c4ccccc4)c3)cc2)ccc(O)c1NC=O. The number of hydrogen-bond acceptors (Lipinski definition) is 9.